The van der Waals surface area contributed by atoms with Crippen molar-refractivity contribution in [3.05, 3.63) is 48.0 Å². The Bertz CT molecular complexity index is 648. The van der Waals surface area contributed by atoms with Gasteiger partial charge in [0.2, 0.25) is 11.8 Å². The predicted octanol–water partition coefficient (Wildman–Crippen LogP) is 2.31. The number of hydrogen-bond donors (Lipinski definition) is 0. The standard InChI is InChI=1S/C15H13NO2/c1-16-14(17)9-13(15(16)18)12-7-6-10-4-2-3-5-11(10)8-12/h2-8,13H,9H2,1H3. The van der Waals surface area contributed by atoms with E-state index in [0.717, 1.165) is 16.3 Å². The summed E-state index contributed by atoms with van der Waals surface area (Å²) in [5.74, 6) is -0.513. The van der Waals surface area contributed by atoms with Gasteiger partial charge in [0.25, 0.3) is 0 Å². The Labute approximate surface area is 105 Å². The molecule has 2 aromatic rings. The van der Waals surface area contributed by atoms with E-state index in [9.17, 15) is 9.59 Å². The molecule has 18 heavy (non-hydrogen) atoms. The maximum atomic E-state index is 12.0. The van der Waals surface area contributed by atoms with Crippen LogP contribution in [0.4, 0.5) is 0 Å². The third-order valence-corrected chi connectivity index (χ3v) is 3.56. The summed E-state index contributed by atoms with van der Waals surface area (Å²) in [5.41, 5.74) is 0.927. The summed E-state index contributed by atoms with van der Waals surface area (Å²) in [6.45, 7) is 0. The summed E-state index contributed by atoms with van der Waals surface area (Å²) < 4.78 is 0. The zero-order valence-electron chi connectivity index (χ0n) is 10.1. The summed E-state index contributed by atoms with van der Waals surface area (Å²) >= 11 is 0. The highest BCUT2D eigenvalue weighted by molar-refractivity contribution is 6.06. The summed E-state index contributed by atoms with van der Waals surface area (Å²) in [6, 6.07) is 14.0. The minimum Gasteiger partial charge on any atom is -0.285 e. The molecule has 1 atom stereocenters. The van der Waals surface area contributed by atoms with Gasteiger partial charge in [0.05, 0.1) is 5.92 Å². The zero-order chi connectivity index (χ0) is 12.7. The van der Waals surface area contributed by atoms with Gasteiger partial charge in [0, 0.05) is 13.5 Å². The molecule has 2 amide bonds. The highest BCUT2D eigenvalue weighted by Gasteiger charge is 2.36. The Kier molecular flexibility index (Phi) is 2.40. The van der Waals surface area contributed by atoms with Crippen LogP contribution in [-0.4, -0.2) is 23.8 Å². The lowest BCUT2D eigenvalue weighted by atomic mass is 9.95. The van der Waals surface area contributed by atoms with Crippen LogP contribution >= 0.6 is 0 Å². The van der Waals surface area contributed by atoms with E-state index in [-0.39, 0.29) is 24.2 Å². The fourth-order valence-corrected chi connectivity index (χ4v) is 2.44. The normalized spacial score (nSPS) is 19.8. The molecule has 0 aliphatic carbocycles. The third-order valence-electron chi connectivity index (χ3n) is 3.56. The van der Waals surface area contributed by atoms with Crippen molar-refractivity contribution in [3.63, 3.8) is 0 Å². The van der Waals surface area contributed by atoms with Gasteiger partial charge in [-0.2, -0.15) is 0 Å². The molecule has 3 rings (SSSR count). The first-order valence-corrected chi connectivity index (χ1v) is 5.96. The number of hydrogen-bond acceptors (Lipinski definition) is 2. The molecule has 1 saturated heterocycles. The maximum Gasteiger partial charge on any atom is 0.236 e. The Morgan fingerprint density at radius 2 is 1.78 bits per heavy atom. The fraction of sp³-hybridized carbons (Fsp3) is 0.200. The number of likely N-dealkylation sites (N-methyl/N-ethyl adjacent to an activating group) is 1. The molecule has 3 nitrogen and oxygen atoms in total. The van der Waals surface area contributed by atoms with Crippen LogP contribution in [0, 0.1) is 0 Å². The minimum absolute atomic E-state index is 0.0989. The summed E-state index contributed by atoms with van der Waals surface area (Å²) in [4.78, 5) is 24.7. The first-order valence-electron chi connectivity index (χ1n) is 5.96. The van der Waals surface area contributed by atoms with Crippen molar-refractivity contribution in [3.8, 4) is 0 Å². The Morgan fingerprint density at radius 1 is 1.06 bits per heavy atom. The van der Waals surface area contributed by atoms with Crippen LogP contribution in [0.5, 0.6) is 0 Å². The van der Waals surface area contributed by atoms with E-state index in [2.05, 4.69) is 0 Å². The second kappa shape index (κ2) is 3.95. The first kappa shape index (κ1) is 11.0. The largest absolute Gasteiger partial charge is 0.285 e. The minimum atomic E-state index is -0.313. The van der Waals surface area contributed by atoms with Crippen LogP contribution in [0.3, 0.4) is 0 Å². The SMILES string of the molecule is CN1C(=O)CC(c2ccc3ccccc3c2)C1=O. The summed E-state index contributed by atoms with van der Waals surface area (Å²) in [5, 5.41) is 2.25. The van der Waals surface area contributed by atoms with E-state index in [4.69, 9.17) is 0 Å². The average Bonchev–Trinajstić information content (AvgIpc) is 2.66. The molecule has 90 valence electrons. The van der Waals surface area contributed by atoms with E-state index in [0.29, 0.717) is 0 Å². The molecule has 1 heterocycles. The number of imide groups is 1. The average molecular weight is 239 g/mol. The molecule has 0 saturated carbocycles. The molecule has 2 aromatic carbocycles. The van der Waals surface area contributed by atoms with Crippen molar-refractivity contribution < 1.29 is 9.59 Å². The van der Waals surface area contributed by atoms with E-state index >= 15 is 0 Å². The van der Waals surface area contributed by atoms with Crippen LogP contribution in [0.25, 0.3) is 10.8 Å². The van der Waals surface area contributed by atoms with Gasteiger partial charge < -0.3 is 0 Å². The molecule has 0 bridgehead atoms. The molecular weight excluding hydrogens is 226 g/mol. The van der Waals surface area contributed by atoms with Crippen molar-refractivity contribution in [1.82, 2.24) is 4.90 Å². The van der Waals surface area contributed by atoms with Crippen LogP contribution in [0.2, 0.25) is 0 Å². The van der Waals surface area contributed by atoms with E-state index in [1.54, 1.807) is 7.05 Å². The van der Waals surface area contributed by atoms with Gasteiger partial charge >= 0.3 is 0 Å². The Hall–Kier alpha value is -2.16. The highest BCUT2D eigenvalue weighted by Crippen LogP contribution is 2.30. The quantitative estimate of drug-likeness (QED) is 0.716. The predicted molar refractivity (Wildman–Crippen MR) is 69.1 cm³/mol. The number of carbonyl (C=O) groups is 2. The van der Waals surface area contributed by atoms with E-state index in [1.165, 1.54) is 4.90 Å². The van der Waals surface area contributed by atoms with Gasteiger partial charge in [-0.05, 0) is 16.3 Å². The van der Waals surface area contributed by atoms with Gasteiger partial charge in [-0.1, -0.05) is 42.5 Å². The van der Waals surface area contributed by atoms with Crippen LogP contribution in [0.1, 0.15) is 17.9 Å². The summed E-state index contributed by atoms with van der Waals surface area (Å²) in [7, 11) is 1.55. The molecule has 0 radical (unpaired) electrons. The van der Waals surface area contributed by atoms with Gasteiger partial charge in [0.1, 0.15) is 0 Å². The smallest absolute Gasteiger partial charge is 0.236 e. The van der Waals surface area contributed by atoms with Crippen molar-refractivity contribution >= 4 is 22.6 Å². The molecule has 1 fully saturated rings. The maximum absolute atomic E-state index is 12.0. The molecule has 0 aromatic heterocycles. The van der Waals surface area contributed by atoms with Crippen molar-refractivity contribution in [2.45, 2.75) is 12.3 Å². The van der Waals surface area contributed by atoms with Gasteiger partial charge in [0.15, 0.2) is 0 Å². The first-order chi connectivity index (χ1) is 8.66. The van der Waals surface area contributed by atoms with Crippen molar-refractivity contribution in [2.24, 2.45) is 0 Å². The Morgan fingerprint density at radius 3 is 2.44 bits per heavy atom. The number of amides is 2. The van der Waals surface area contributed by atoms with Gasteiger partial charge in [-0.15, -0.1) is 0 Å². The van der Waals surface area contributed by atoms with Crippen LogP contribution in [0.15, 0.2) is 42.5 Å². The lowest BCUT2D eigenvalue weighted by Crippen LogP contribution is -2.25. The second-order valence-electron chi connectivity index (χ2n) is 4.65. The lowest BCUT2D eigenvalue weighted by Gasteiger charge is -2.10. The molecule has 0 N–H and O–H groups in total. The topological polar surface area (TPSA) is 37.4 Å². The van der Waals surface area contributed by atoms with Gasteiger partial charge in [-0.25, -0.2) is 0 Å². The number of likely N-dealkylation sites (tertiary alicyclic amines) is 1. The number of fused-ring (bicyclic) bond motifs is 1. The summed E-state index contributed by atoms with van der Waals surface area (Å²) in [6.07, 6.45) is 0.285. The van der Waals surface area contributed by atoms with E-state index < -0.39 is 0 Å². The van der Waals surface area contributed by atoms with E-state index in [1.807, 2.05) is 42.5 Å². The second-order valence-corrected chi connectivity index (χ2v) is 4.65. The molecule has 1 unspecified atom stereocenters. The Balaban J connectivity index is 2.05. The third kappa shape index (κ3) is 1.59. The van der Waals surface area contributed by atoms with Crippen LogP contribution in [-0.2, 0) is 9.59 Å². The van der Waals surface area contributed by atoms with Crippen molar-refractivity contribution in [2.75, 3.05) is 7.05 Å². The number of rotatable bonds is 1. The number of nitrogens with zero attached hydrogens (tertiary/aromatic N) is 1. The monoisotopic (exact) mass is 239 g/mol. The molecular formula is C15H13NO2. The van der Waals surface area contributed by atoms with Gasteiger partial charge in [-0.3, -0.25) is 14.5 Å². The van der Waals surface area contributed by atoms with Crippen LogP contribution < -0.4 is 0 Å². The molecule has 1 aliphatic heterocycles. The number of benzene rings is 2. The highest BCUT2D eigenvalue weighted by atomic mass is 16.2. The molecule has 0 spiro atoms. The lowest BCUT2D eigenvalue weighted by molar-refractivity contribution is -0.137. The number of carbonyl (C=O) groups excluding carboxylic acids is 2. The zero-order valence-corrected chi connectivity index (χ0v) is 10.1. The molecule has 1 aliphatic rings. The van der Waals surface area contributed by atoms with Crippen molar-refractivity contribution in [1.29, 1.82) is 0 Å². The fourth-order valence-electron chi connectivity index (χ4n) is 2.44. The molecule has 3 heteroatoms.